The molecule has 0 radical (unpaired) electrons. The summed E-state index contributed by atoms with van der Waals surface area (Å²) >= 11 is -1.41. The first-order valence-electron chi connectivity index (χ1n) is 14.6. The van der Waals surface area contributed by atoms with E-state index in [-0.39, 0.29) is 30.8 Å². The van der Waals surface area contributed by atoms with Gasteiger partial charge in [-0.1, -0.05) is 42.5 Å². The molecule has 19 heteroatoms. The number of fused-ring (bicyclic) bond motifs is 1. The van der Waals surface area contributed by atoms with E-state index in [9.17, 15) is 33.4 Å². The van der Waals surface area contributed by atoms with Crippen molar-refractivity contribution in [3.8, 4) is 11.3 Å². The first-order valence-corrected chi connectivity index (χ1v) is 16.5. The molecule has 17 nitrogen and oxygen atoms in total. The van der Waals surface area contributed by atoms with Crippen LogP contribution in [-0.2, 0) is 41.7 Å². The molecular formula is C28H37N8O9S2-. The quantitative estimate of drug-likeness (QED) is 0.147. The van der Waals surface area contributed by atoms with Crippen molar-refractivity contribution in [2.75, 3.05) is 70.7 Å². The number of hydrogen-bond acceptors (Lipinski definition) is 14. The highest BCUT2D eigenvalue weighted by Crippen LogP contribution is 2.25. The Kier molecular flexibility index (Phi) is 14.7. The normalized spacial score (nSPS) is 18.5. The van der Waals surface area contributed by atoms with E-state index in [1.165, 1.54) is 4.52 Å². The lowest BCUT2D eigenvalue weighted by molar-refractivity contribution is -0.191. The molecule has 0 amide bonds. The SMILES string of the molecule is CCN1CCN(C)CCNC(C(C(=O)O)C(=O)Cc2ccc(-c3cn4nc(NS(=O)[O-])sc4n3)cc2)CN(CC(=O)O)CC1.O=C=O. The molecule has 47 heavy (non-hydrogen) atoms. The van der Waals surface area contributed by atoms with Crippen LogP contribution < -0.4 is 10.0 Å². The maximum absolute atomic E-state index is 13.5. The van der Waals surface area contributed by atoms with Gasteiger partial charge < -0.3 is 29.9 Å². The van der Waals surface area contributed by atoms with Crippen molar-refractivity contribution in [1.82, 2.24) is 34.6 Å². The van der Waals surface area contributed by atoms with Gasteiger partial charge in [-0.05, 0) is 19.2 Å². The molecule has 1 aliphatic heterocycles. The summed E-state index contributed by atoms with van der Waals surface area (Å²) in [6.07, 6.45) is 1.79. The maximum Gasteiger partial charge on any atom is 0.373 e. The minimum Gasteiger partial charge on any atom is -0.755 e. The zero-order valence-electron chi connectivity index (χ0n) is 25.9. The molecule has 0 saturated carbocycles. The molecule has 3 heterocycles. The molecule has 4 N–H and O–H groups in total. The first kappa shape index (κ1) is 37.5. The highest BCUT2D eigenvalue weighted by molar-refractivity contribution is 7.80. The largest absolute Gasteiger partial charge is 0.755 e. The van der Waals surface area contributed by atoms with Gasteiger partial charge >= 0.3 is 18.1 Å². The topological polar surface area (TPSA) is 230 Å². The molecule has 1 saturated heterocycles. The van der Waals surface area contributed by atoms with Crippen LogP contribution in [0, 0.1) is 5.92 Å². The van der Waals surface area contributed by atoms with Gasteiger partial charge in [0, 0.05) is 75.1 Å². The van der Waals surface area contributed by atoms with Crippen LogP contribution in [0.1, 0.15) is 12.5 Å². The van der Waals surface area contributed by atoms with Crippen LogP contribution in [0.4, 0.5) is 5.13 Å². The Hall–Kier alpha value is -3.94. The van der Waals surface area contributed by atoms with Crippen molar-refractivity contribution >= 4 is 56.6 Å². The van der Waals surface area contributed by atoms with Gasteiger partial charge in [-0.25, -0.2) is 9.50 Å². The number of likely N-dealkylation sites (N-methyl/N-ethyl adjacent to an activating group) is 2. The number of aromatic nitrogens is 3. The Morgan fingerprint density at radius 2 is 1.79 bits per heavy atom. The van der Waals surface area contributed by atoms with E-state index in [0.29, 0.717) is 42.4 Å². The van der Waals surface area contributed by atoms with Crippen molar-refractivity contribution in [2.45, 2.75) is 19.4 Å². The molecule has 0 aliphatic carbocycles. The second-order valence-corrected chi connectivity index (χ2v) is 12.4. The number of nitrogens with one attached hydrogen (secondary N) is 2. The molecular weight excluding hydrogens is 656 g/mol. The van der Waals surface area contributed by atoms with Gasteiger partial charge in [-0.2, -0.15) is 9.59 Å². The second kappa shape index (κ2) is 18.4. The van der Waals surface area contributed by atoms with Crippen LogP contribution >= 0.6 is 11.3 Å². The monoisotopic (exact) mass is 693 g/mol. The minimum absolute atomic E-state index is 0.0999. The third-order valence-electron chi connectivity index (χ3n) is 7.55. The average molecular weight is 694 g/mol. The summed E-state index contributed by atoms with van der Waals surface area (Å²) in [6.45, 7) is 6.51. The van der Waals surface area contributed by atoms with Crippen LogP contribution in [0.2, 0.25) is 0 Å². The van der Waals surface area contributed by atoms with Crippen molar-refractivity contribution in [1.29, 1.82) is 0 Å². The maximum atomic E-state index is 13.5. The van der Waals surface area contributed by atoms with E-state index >= 15 is 0 Å². The zero-order chi connectivity index (χ0) is 34.5. The number of anilines is 1. The van der Waals surface area contributed by atoms with E-state index in [0.717, 1.165) is 36.5 Å². The van der Waals surface area contributed by atoms with Gasteiger partial charge in [0.25, 0.3) is 0 Å². The molecule has 3 aromatic rings. The van der Waals surface area contributed by atoms with E-state index in [4.69, 9.17) is 9.59 Å². The van der Waals surface area contributed by atoms with Gasteiger partial charge in [0.2, 0.25) is 10.1 Å². The molecule has 4 rings (SSSR count). The molecule has 3 atom stereocenters. The highest BCUT2D eigenvalue weighted by Gasteiger charge is 2.36. The Bertz CT molecular complexity index is 1530. The van der Waals surface area contributed by atoms with Gasteiger partial charge in [0.1, 0.15) is 5.92 Å². The number of imidazole rings is 1. The van der Waals surface area contributed by atoms with Crippen LogP contribution in [-0.4, -0.2) is 144 Å². The van der Waals surface area contributed by atoms with Gasteiger partial charge in [0.05, 0.1) is 18.4 Å². The summed E-state index contributed by atoms with van der Waals surface area (Å²) in [4.78, 5) is 65.0. The number of hydrogen-bond donors (Lipinski definition) is 4. The third kappa shape index (κ3) is 11.7. The fourth-order valence-corrected chi connectivity index (χ4v) is 6.35. The number of carbonyl (C=O) groups excluding carboxylic acids is 3. The Labute approximate surface area is 277 Å². The molecule has 1 aromatic carbocycles. The first-order chi connectivity index (χ1) is 22.4. The molecule has 2 aromatic heterocycles. The summed E-state index contributed by atoms with van der Waals surface area (Å²) in [5, 5.41) is 27.3. The molecule has 1 aliphatic rings. The van der Waals surface area contributed by atoms with Crippen molar-refractivity contribution in [3.63, 3.8) is 0 Å². The van der Waals surface area contributed by atoms with E-state index in [1.807, 2.05) is 7.05 Å². The highest BCUT2D eigenvalue weighted by atomic mass is 32.2. The fraction of sp³-hybridized carbons (Fsp3) is 0.500. The summed E-state index contributed by atoms with van der Waals surface area (Å²) in [7, 11) is 1.99. The van der Waals surface area contributed by atoms with Crippen molar-refractivity contribution in [2.24, 2.45) is 5.92 Å². The number of nitrogens with zero attached hydrogens (tertiary/aromatic N) is 6. The average Bonchev–Trinajstić information content (AvgIpc) is 3.55. The lowest BCUT2D eigenvalue weighted by Crippen LogP contribution is -2.54. The Balaban J connectivity index is 0.00000192. The molecule has 0 bridgehead atoms. The van der Waals surface area contributed by atoms with E-state index < -0.39 is 40.9 Å². The molecule has 3 unspecified atom stereocenters. The lowest BCUT2D eigenvalue weighted by Gasteiger charge is -2.33. The Morgan fingerprint density at radius 3 is 2.38 bits per heavy atom. The number of ketones is 1. The standard InChI is InChI=1S/C27H38N8O7S2.CO2/c1-3-33-11-10-32(2)9-8-28-21(15-34(13-12-33)17-23(37)38)24(25(39)40)22(36)14-18-4-6-19(7-5-18)20-16-35-27(29-20)43-26(30-35)31-44(41)42;2-1-3/h4-7,16,21,24,28H,3,8-15,17H2,1-2H3,(H,30,31)(H,37,38)(H,39,40)(H,41,42);/p-1. The number of carboxylic acids is 2. The Morgan fingerprint density at radius 1 is 1.13 bits per heavy atom. The van der Waals surface area contributed by atoms with Crippen molar-refractivity contribution < 1.29 is 42.9 Å². The molecule has 1 fully saturated rings. The number of aliphatic carboxylic acids is 2. The predicted molar refractivity (Wildman–Crippen MR) is 169 cm³/mol. The van der Waals surface area contributed by atoms with Crippen LogP contribution in [0.3, 0.4) is 0 Å². The smallest absolute Gasteiger partial charge is 0.373 e. The van der Waals surface area contributed by atoms with Gasteiger partial charge in [-0.15, -0.1) is 5.10 Å². The second-order valence-electron chi connectivity index (χ2n) is 10.8. The van der Waals surface area contributed by atoms with Crippen LogP contribution in [0.15, 0.2) is 30.5 Å². The van der Waals surface area contributed by atoms with Crippen LogP contribution in [0.5, 0.6) is 0 Å². The number of carbonyl (C=O) groups is 3. The number of Topliss-reactive ketones (excluding diaryl/α,β-unsaturated/α-hetero) is 1. The summed E-state index contributed by atoms with van der Waals surface area (Å²) < 4.78 is 25.3. The predicted octanol–water partition coefficient (Wildman–Crippen LogP) is -0.495. The lowest BCUT2D eigenvalue weighted by atomic mass is 9.90. The molecule has 256 valence electrons. The number of carboxylic acid groups (broad SMARTS) is 2. The number of benzene rings is 1. The molecule has 0 spiro atoms. The third-order valence-corrected chi connectivity index (χ3v) is 8.88. The van der Waals surface area contributed by atoms with Gasteiger partial charge in [-0.3, -0.25) is 28.2 Å². The van der Waals surface area contributed by atoms with E-state index in [2.05, 4.69) is 36.8 Å². The van der Waals surface area contributed by atoms with E-state index in [1.54, 1.807) is 35.4 Å². The fourth-order valence-electron chi connectivity index (χ4n) is 5.16. The summed E-state index contributed by atoms with van der Waals surface area (Å²) in [5.41, 5.74) is 1.97. The number of rotatable bonds is 11. The zero-order valence-corrected chi connectivity index (χ0v) is 27.5. The summed E-state index contributed by atoms with van der Waals surface area (Å²) in [5.74, 6) is -4.12. The van der Waals surface area contributed by atoms with Crippen molar-refractivity contribution in [3.05, 3.63) is 36.0 Å². The van der Waals surface area contributed by atoms with Gasteiger partial charge in [0.15, 0.2) is 5.78 Å². The van der Waals surface area contributed by atoms with Crippen LogP contribution in [0.25, 0.3) is 16.2 Å². The summed E-state index contributed by atoms with van der Waals surface area (Å²) in [6, 6.07) is 6.23. The minimum atomic E-state index is -2.49.